The molecule has 0 bridgehead atoms. The molecule has 0 aromatic heterocycles. The van der Waals surface area contributed by atoms with Crippen molar-refractivity contribution in [1.82, 2.24) is 4.90 Å². The highest BCUT2D eigenvalue weighted by molar-refractivity contribution is 5.72. The predicted octanol–water partition coefficient (Wildman–Crippen LogP) is 18.2. The summed E-state index contributed by atoms with van der Waals surface area (Å²) in [6.45, 7) is 14.1. The number of aliphatic hydroxyl groups excluding tert-OH is 1. The van der Waals surface area contributed by atoms with Crippen LogP contribution in [0.4, 0.5) is 0 Å². The Labute approximate surface area is 407 Å². The monoisotopic (exact) mass is 920 g/mol. The Bertz CT molecular complexity index is 944. The Morgan fingerprint density at radius 3 is 0.846 bits per heavy atom. The van der Waals surface area contributed by atoms with Crippen molar-refractivity contribution in [2.45, 2.75) is 317 Å². The zero-order valence-electron chi connectivity index (χ0n) is 44.7. The van der Waals surface area contributed by atoms with E-state index in [2.05, 4.69) is 32.6 Å². The molecule has 0 radical (unpaired) electrons. The smallest absolute Gasteiger partial charge is 0.308 e. The second-order valence-electron chi connectivity index (χ2n) is 20.5. The van der Waals surface area contributed by atoms with E-state index in [9.17, 15) is 14.7 Å². The van der Waals surface area contributed by atoms with Crippen LogP contribution in [0.2, 0.25) is 0 Å². The third-order valence-corrected chi connectivity index (χ3v) is 14.1. The maximum Gasteiger partial charge on any atom is 0.308 e. The number of unbranched alkanes of at least 4 members (excludes halogenated alkanes) is 34. The highest BCUT2D eigenvalue weighted by Gasteiger charge is 2.20. The van der Waals surface area contributed by atoms with Gasteiger partial charge in [0.1, 0.15) is 0 Å². The van der Waals surface area contributed by atoms with Crippen molar-refractivity contribution in [3.63, 3.8) is 0 Å². The summed E-state index contributed by atoms with van der Waals surface area (Å²) in [5.74, 6) is 0.407. The lowest BCUT2D eigenvalue weighted by Gasteiger charge is -2.22. The van der Waals surface area contributed by atoms with Crippen molar-refractivity contribution in [1.29, 1.82) is 0 Å². The quantitative estimate of drug-likeness (QED) is 0.0484. The maximum atomic E-state index is 12.9. The van der Waals surface area contributed by atoms with Gasteiger partial charge in [-0.05, 0) is 83.8 Å². The number of carbonyl (C=O) groups excluding carboxylic acids is 2. The number of aliphatic hydroxyl groups is 1. The lowest BCUT2D eigenvalue weighted by Crippen LogP contribution is -2.27. The third-order valence-electron chi connectivity index (χ3n) is 14.1. The zero-order chi connectivity index (χ0) is 47.4. The Morgan fingerprint density at radius 2 is 0.554 bits per heavy atom. The van der Waals surface area contributed by atoms with E-state index >= 15 is 0 Å². The summed E-state index contributed by atoms with van der Waals surface area (Å²) >= 11 is 0. The van der Waals surface area contributed by atoms with Crippen LogP contribution in [0.15, 0.2) is 0 Å². The SMILES string of the molecule is CCCCCCCCC(CCCCCC)C(=O)OCCCCCCCCCCCCN(CCCCO)CCCCCCCCCCCCOC(=O)C(CCCCCC)CCCCCCC. The van der Waals surface area contributed by atoms with Gasteiger partial charge in [-0.25, -0.2) is 0 Å². The van der Waals surface area contributed by atoms with E-state index < -0.39 is 0 Å². The average molecular weight is 921 g/mol. The van der Waals surface area contributed by atoms with Crippen LogP contribution in [-0.2, 0) is 19.1 Å². The standard InChI is InChI=1S/C59H117NO5/c1-5-9-13-17-31-39-49-57(47-37-16-12-8-4)59(63)65-55-45-35-29-25-21-19-23-27-33-41-51-60(52-42-43-53-61)50-40-32-26-22-18-20-24-28-34-44-54-64-58(62)56(46-36-15-11-7-3)48-38-30-14-10-6-2/h56-57,61H,5-55H2,1-4H3. The van der Waals surface area contributed by atoms with E-state index in [1.807, 2.05) is 0 Å². The summed E-state index contributed by atoms with van der Waals surface area (Å²) in [7, 11) is 0. The molecule has 2 unspecified atom stereocenters. The van der Waals surface area contributed by atoms with Crippen molar-refractivity contribution >= 4 is 11.9 Å². The van der Waals surface area contributed by atoms with Gasteiger partial charge in [-0.3, -0.25) is 9.59 Å². The van der Waals surface area contributed by atoms with Crippen LogP contribution < -0.4 is 0 Å². The largest absolute Gasteiger partial charge is 0.465 e. The molecule has 0 aromatic carbocycles. The molecule has 388 valence electrons. The number of esters is 2. The molecule has 0 rings (SSSR count). The molecule has 6 nitrogen and oxygen atoms in total. The fourth-order valence-corrected chi connectivity index (χ4v) is 9.63. The molecule has 0 heterocycles. The van der Waals surface area contributed by atoms with Crippen molar-refractivity contribution < 1.29 is 24.2 Å². The first-order chi connectivity index (χ1) is 32.0. The molecule has 65 heavy (non-hydrogen) atoms. The van der Waals surface area contributed by atoms with Crippen LogP contribution in [0.5, 0.6) is 0 Å². The van der Waals surface area contributed by atoms with Gasteiger partial charge in [0.05, 0.1) is 25.0 Å². The number of carbonyl (C=O) groups is 2. The van der Waals surface area contributed by atoms with Crippen LogP contribution in [0, 0.1) is 11.8 Å². The van der Waals surface area contributed by atoms with Crippen LogP contribution in [0.25, 0.3) is 0 Å². The van der Waals surface area contributed by atoms with Crippen LogP contribution in [0.3, 0.4) is 0 Å². The first kappa shape index (κ1) is 63.9. The molecule has 0 saturated carbocycles. The summed E-state index contributed by atoms with van der Waals surface area (Å²) < 4.78 is 11.6. The molecule has 1 N–H and O–H groups in total. The minimum absolute atomic E-state index is 0.0812. The molecule has 0 aliphatic rings. The van der Waals surface area contributed by atoms with Crippen LogP contribution in [-0.4, -0.2) is 61.4 Å². The number of ether oxygens (including phenoxy) is 2. The molecular formula is C59H117NO5. The zero-order valence-corrected chi connectivity index (χ0v) is 44.7. The minimum Gasteiger partial charge on any atom is -0.465 e. The van der Waals surface area contributed by atoms with E-state index in [-0.39, 0.29) is 23.8 Å². The van der Waals surface area contributed by atoms with E-state index in [1.54, 1.807) is 0 Å². The average Bonchev–Trinajstić information content (AvgIpc) is 3.31. The van der Waals surface area contributed by atoms with Crippen molar-refractivity contribution in [3.8, 4) is 0 Å². The van der Waals surface area contributed by atoms with Crippen LogP contribution >= 0.6 is 0 Å². The number of rotatable bonds is 55. The third kappa shape index (κ3) is 46.4. The highest BCUT2D eigenvalue weighted by Crippen LogP contribution is 2.23. The second kappa shape index (κ2) is 53.8. The lowest BCUT2D eigenvalue weighted by molar-refractivity contribution is -0.150. The summed E-state index contributed by atoms with van der Waals surface area (Å²) in [5, 5.41) is 9.34. The van der Waals surface area contributed by atoms with Gasteiger partial charge in [0.25, 0.3) is 0 Å². The number of nitrogens with zero attached hydrogens (tertiary/aromatic N) is 1. The summed E-state index contributed by atoms with van der Waals surface area (Å²) in [4.78, 5) is 28.5. The Morgan fingerprint density at radius 1 is 0.323 bits per heavy atom. The molecule has 0 aliphatic heterocycles. The Balaban J connectivity index is 3.95. The van der Waals surface area contributed by atoms with Gasteiger partial charge >= 0.3 is 11.9 Å². The minimum atomic E-state index is 0.0812. The Kier molecular flexibility index (Phi) is 52.9. The van der Waals surface area contributed by atoms with Gasteiger partial charge in [0.2, 0.25) is 0 Å². The molecule has 6 heteroatoms. The van der Waals surface area contributed by atoms with Crippen molar-refractivity contribution in [2.24, 2.45) is 11.8 Å². The fraction of sp³-hybridized carbons (Fsp3) is 0.966. The first-order valence-corrected chi connectivity index (χ1v) is 29.7. The second-order valence-corrected chi connectivity index (χ2v) is 20.5. The Hall–Kier alpha value is -1.14. The maximum absolute atomic E-state index is 12.9. The molecule has 0 aromatic rings. The summed E-state index contributed by atoms with van der Waals surface area (Å²) in [6, 6.07) is 0. The molecule has 0 spiro atoms. The molecule has 0 amide bonds. The van der Waals surface area contributed by atoms with Gasteiger partial charge in [0.15, 0.2) is 0 Å². The van der Waals surface area contributed by atoms with Crippen molar-refractivity contribution in [2.75, 3.05) is 39.5 Å². The molecule has 0 saturated heterocycles. The topological polar surface area (TPSA) is 76.1 Å². The van der Waals surface area contributed by atoms with E-state index in [4.69, 9.17) is 9.47 Å². The van der Waals surface area contributed by atoms with Gasteiger partial charge < -0.3 is 19.5 Å². The lowest BCUT2D eigenvalue weighted by atomic mass is 9.94. The molecule has 2 atom stereocenters. The van der Waals surface area contributed by atoms with Crippen molar-refractivity contribution in [3.05, 3.63) is 0 Å². The number of hydrogen-bond acceptors (Lipinski definition) is 6. The predicted molar refractivity (Wildman–Crippen MR) is 283 cm³/mol. The van der Waals surface area contributed by atoms with Gasteiger partial charge in [-0.2, -0.15) is 0 Å². The normalized spacial score (nSPS) is 12.6. The number of hydrogen-bond donors (Lipinski definition) is 1. The molecule has 0 fully saturated rings. The van der Waals surface area contributed by atoms with Gasteiger partial charge in [-0.1, -0.05) is 252 Å². The fourth-order valence-electron chi connectivity index (χ4n) is 9.63. The van der Waals surface area contributed by atoms with E-state index in [0.717, 1.165) is 57.9 Å². The van der Waals surface area contributed by atoms with E-state index in [1.165, 1.54) is 251 Å². The summed E-state index contributed by atoms with van der Waals surface area (Å²) in [5.41, 5.74) is 0. The van der Waals surface area contributed by atoms with Crippen LogP contribution in [0.1, 0.15) is 317 Å². The van der Waals surface area contributed by atoms with Gasteiger partial charge in [0, 0.05) is 6.61 Å². The van der Waals surface area contributed by atoms with E-state index in [0.29, 0.717) is 19.8 Å². The summed E-state index contributed by atoms with van der Waals surface area (Å²) in [6.07, 6.45) is 55.6. The van der Waals surface area contributed by atoms with Gasteiger partial charge in [-0.15, -0.1) is 0 Å². The highest BCUT2D eigenvalue weighted by atomic mass is 16.5. The molecule has 0 aliphatic carbocycles. The first-order valence-electron chi connectivity index (χ1n) is 29.7. The molecular weight excluding hydrogens is 803 g/mol.